The zero-order chi connectivity index (χ0) is 26.0. The molecule has 35 heavy (non-hydrogen) atoms. The number of alkyl halides is 7. The van der Waals surface area contributed by atoms with Gasteiger partial charge in [-0.1, -0.05) is 0 Å². The fraction of sp³-hybridized carbons (Fsp3) is 0.368. The maximum Gasteiger partial charge on any atom is 0.422 e. The number of aromatic nitrogens is 2. The summed E-state index contributed by atoms with van der Waals surface area (Å²) in [6, 6.07) is -0.812. The zero-order valence-corrected chi connectivity index (χ0v) is 17.3. The van der Waals surface area contributed by atoms with Crippen molar-refractivity contribution in [3.63, 3.8) is 0 Å². The number of hydrogen-bond acceptors (Lipinski definition) is 7. The Balaban J connectivity index is 1.81. The van der Waals surface area contributed by atoms with E-state index in [2.05, 4.69) is 25.0 Å². The summed E-state index contributed by atoms with van der Waals surface area (Å²) in [7, 11) is 0. The highest BCUT2D eigenvalue weighted by molar-refractivity contribution is 6.02. The van der Waals surface area contributed by atoms with E-state index in [1.54, 1.807) is 0 Å². The van der Waals surface area contributed by atoms with Gasteiger partial charge in [0.25, 0.3) is 11.9 Å². The summed E-state index contributed by atoms with van der Waals surface area (Å²) in [5, 5.41) is 2.24. The van der Waals surface area contributed by atoms with Crippen molar-refractivity contribution < 1.29 is 49.4 Å². The first-order valence-electron chi connectivity index (χ1n) is 9.50. The Morgan fingerprint density at radius 2 is 1.91 bits per heavy atom. The predicted molar refractivity (Wildman–Crippen MR) is 103 cm³/mol. The van der Waals surface area contributed by atoms with Crippen LogP contribution >= 0.6 is 0 Å². The summed E-state index contributed by atoms with van der Waals surface area (Å²) in [4.78, 5) is 22.6. The Morgan fingerprint density at radius 3 is 2.49 bits per heavy atom. The van der Waals surface area contributed by atoms with Crippen LogP contribution in [0, 0.1) is 5.82 Å². The van der Waals surface area contributed by atoms with Gasteiger partial charge in [0.15, 0.2) is 18.2 Å². The molecule has 0 fully saturated rings. The van der Waals surface area contributed by atoms with Gasteiger partial charge in [-0.15, -0.1) is 0 Å². The van der Waals surface area contributed by atoms with Crippen LogP contribution in [0.15, 0.2) is 35.6 Å². The minimum Gasteiger partial charge on any atom is -0.467 e. The lowest BCUT2D eigenvalue weighted by Crippen LogP contribution is -2.48. The summed E-state index contributed by atoms with van der Waals surface area (Å²) in [6.45, 7) is -3.23. The first-order valence-corrected chi connectivity index (χ1v) is 9.50. The molecule has 0 spiro atoms. The van der Waals surface area contributed by atoms with E-state index >= 15 is 0 Å². The molecule has 1 aliphatic rings. The number of amidine groups is 1. The molecule has 2 heterocycles. The topological polar surface area (TPSA) is 112 Å². The summed E-state index contributed by atoms with van der Waals surface area (Å²) in [5.41, 5.74) is 1.58. The number of hydrogen-bond donors (Lipinski definition) is 2. The van der Waals surface area contributed by atoms with Gasteiger partial charge in [-0.2, -0.15) is 26.3 Å². The van der Waals surface area contributed by atoms with Crippen molar-refractivity contribution in [2.75, 3.05) is 18.6 Å². The normalized spacial score (nSPS) is 20.6. The Bertz CT molecular complexity index is 1110. The molecule has 190 valence electrons. The van der Waals surface area contributed by atoms with Gasteiger partial charge in [0.05, 0.1) is 12.4 Å². The highest BCUT2D eigenvalue weighted by Gasteiger charge is 2.52. The molecule has 0 bridgehead atoms. The average molecular weight is 513 g/mol. The first-order chi connectivity index (χ1) is 16.2. The molecule has 3 N–H and O–H groups in total. The van der Waals surface area contributed by atoms with Crippen LogP contribution in [0.25, 0.3) is 0 Å². The van der Waals surface area contributed by atoms with Gasteiger partial charge in [0, 0.05) is 17.7 Å². The summed E-state index contributed by atoms with van der Waals surface area (Å²) >= 11 is 0. The third kappa shape index (κ3) is 6.24. The monoisotopic (exact) mass is 513 g/mol. The van der Waals surface area contributed by atoms with Gasteiger partial charge < -0.3 is 20.5 Å². The number of benzene rings is 1. The SMILES string of the molecule is NC1=N[C@H](C(F)(F)F)C[C@@](CF)(c2cc(NC(=O)c3cnc(OCC(F)(F)F)cn3)ccc2F)O1. The van der Waals surface area contributed by atoms with E-state index in [0.29, 0.717) is 0 Å². The molecule has 1 aromatic heterocycles. The van der Waals surface area contributed by atoms with Gasteiger partial charge in [0.1, 0.15) is 18.2 Å². The Labute approximate surface area is 191 Å². The quantitative estimate of drug-likeness (QED) is 0.571. The minimum absolute atomic E-state index is 0.188. The van der Waals surface area contributed by atoms with Crippen molar-refractivity contribution in [3.8, 4) is 5.88 Å². The van der Waals surface area contributed by atoms with E-state index in [4.69, 9.17) is 10.5 Å². The van der Waals surface area contributed by atoms with E-state index in [1.807, 2.05) is 0 Å². The van der Waals surface area contributed by atoms with Crippen molar-refractivity contribution in [1.82, 2.24) is 9.97 Å². The third-order valence-corrected chi connectivity index (χ3v) is 4.66. The zero-order valence-electron chi connectivity index (χ0n) is 17.3. The van der Waals surface area contributed by atoms with E-state index < -0.39 is 78.6 Å². The lowest BCUT2D eigenvalue weighted by molar-refractivity contribution is -0.167. The number of carbonyl (C=O) groups is 1. The van der Waals surface area contributed by atoms with Crippen LogP contribution in [-0.4, -0.2) is 53.6 Å². The smallest absolute Gasteiger partial charge is 0.422 e. The second-order valence-corrected chi connectivity index (χ2v) is 7.25. The molecule has 1 aromatic carbocycles. The number of rotatable bonds is 6. The molecular formula is C19H15F8N5O3. The Hall–Kier alpha value is -3.72. The molecule has 1 aliphatic heterocycles. The van der Waals surface area contributed by atoms with Crippen LogP contribution in [0.3, 0.4) is 0 Å². The highest BCUT2D eigenvalue weighted by Crippen LogP contribution is 2.42. The Kier molecular flexibility index (Phi) is 7.03. The highest BCUT2D eigenvalue weighted by atomic mass is 19.4. The van der Waals surface area contributed by atoms with Crippen LogP contribution in [0.2, 0.25) is 0 Å². The van der Waals surface area contributed by atoms with Crippen molar-refractivity contribution in [3.05, 3.63) is 47.7 Å². The number of aliphatic imine (C=N–C) groups is 1. The molecule has 0 radical (unpaired) electrons. The fourth-order valence-corrected chi connectivity index (χ4v) is 3.10. The molecular weight excluding hydrogens is 498 g/mol. The van der Waals surface area contributed by atoms with E-state index in [0.717, 1.165) is 30.6 Å². The maximum atomic E-state index is 14.6. The molecule has 2 aromatic rings. The lowest BCUT2D eigenvalue weighted by atomic mass is 9.86. The number of nitrogens with two attached hydrogens (primary N) is 1. The van der Waals surface area contributed by atoms with Crippen molar-refractivity contribution in [1.29, 1.82) is 0 Å². The van der Waals surface area contributed by atoms with Gasteiger partial charge in [-0.3, -0.25) is 4.79 Å². The number of nitrogens with zero attached hydrogens (tertiary/aromatic N) is 3. The van der Waals surface area contributed by atoms with Crippen molar-refractivity contribution in [2.45, 2.75) is 30.4 Å². The van der Waals surface area contributed by atoms with Crippen LogP contribution in [0.1, 0.15) is 22.5 Å². The van der Waals surface area contributed by atoms with E-state index in [9.17, 15) is 39.9 Å². The molecule has 0 unspecified atom stereocenters. The van der Waals surface area contributed by atoms with Crippen LogP contribution in [0.4, 0.5) is 40.8 Å². The van der Waals surface area contributed by atoms with Crippen molar-refractivity contribution in [2.24, 2.45) is 10.7 Å². The minimum atomic E-state index is -4.91. The van der Waals surface area contributed by atoms with Gasteiger partial charge in [-0.05, 0) is 18.2 Å². The molecule has 0 saturated carbocycles. The van der Waals surface area contributed by atoms with Gasteiger partial charge in [-0.25, -0.2) is 23.7 Å². The molecule has 0 aliphatic carbocycles. The van der Waals surface area contributed by atoms with Crippen LogP contribution in [-0.2, 0) is 10.3 Å². The average Bonchev–Trinajstić information content (AvgIpc) is 2.77. The van der Waals surface area contributed by atoms with Crippen molar-refractivity contribution >= 4 is 17.6 Å². The number of amides is 1. The van der Waals surface area contributed by atoms with E-state index in [-0.39, 0.29) is 5.69 Å². The van der Waals surface area contributed by atoms with E-state index in [1.165, 1.54) is 0 Å². The third-order valence-electron chi connectivity index (χ3n) is 4.66. The second kappa shape index (κ2) is 9.50. The molecule has 1 amide bonds. The number of nitrogens with one attached hydrogen (secondary N) is 1. The molecule has 0 saturated heterocycles. The lowest BCUT2D eigenvalue weighted by Gasteiger charge is -2.38. The number of ether oxygens (including phenoxy) is 2. The largest absolute Gasteiger partial charge is 0.467 e. The molecule has 16 heteroatoms. The molecule has 8 nitrogen and oxygen atoms in total. The van der Waals surface area contributed by atoms with Crippen LogP contribution < -0.4 is 15.8 Å². The van der Waals surface area contributed by atoms with Gasteiger partial charge >= 0.3 is 12.4 Å². The Morgan fingerprint density at radius 1 is 1.20 bits per heavy atom. The van der Waals surface area contributed by atoms with Gasteiger partial charge in [0.2, 0.25) is 5.88 Å². The summed E-state index contributed by atoms with van der Waals surface area (Å²) in [5.74, 6) is -2.62. The summed E-state index contributed by atoms with van der Waals surface area (Å²) in [6.07, 6.45) is -9.10. The fourth-order valence-electron chi connectivity index (χ4n) is 3.10. The number of halogens is 8. The first kappa shape index (κ1) is 25.9. The standard InChI is InChI=1S/C19H15F8N5O3/c20-7-17(4-13(19(25,26)27)32-16(28)35-17)10-3-9(1-2-11(10)21)31-15(33)12-5-30-14(6-29-12)34-8-18(22,23)24/h1-3,5-6,13H,4,7-8H2,(H2,28,32)(H,31,33)/t13-,17+/m0/s1. The molecule has 2 atom stereocenters. The predicted octanol–water partition coefficient (Wildman–Crippen LogP) is 3.64. The number of carbonyl (C=O) groups excluding carboxylic acids is 1. The maximum absolute atomic E-state index is 14.6. The molecule has 3 rings (SSSR count). The summed E-state index contributed by atoms with van der Waals surface area (Å²) < 4.78 is 114. The van der Waals surface area contributed by atoms with Crippen LogP contribution in [0.5, 0.6) is 5.88 Å². The second-order valence-electron chi connectivity index (χ2n) is 7.25. The number of anilines is 1.